The van der Waals surface area contributed by atoms with Crippen molar-refractivity contribution in [2.75, 3.05) is 13.7 Å². The minimum absolute atomic E-state index is 0.197. The maximum absolute atomic E-state index is 5.61. The fraction of sp³-hybridized carbons (Fsp3) is 0.222. The number of thiophene rings is 1. The molecule has 108 valence electrons. The summed E-state index contributed by atoms with van der Waals surface area (Å²) >= 11 is 1.84. The highest BCUT2D eigenvalue weighted by molar-refractivity contribution is 7.19. The Bertz CT molecular complexity index is 702. The molecule has 0 saturated carbocycles. The quantitative estimate of drug-likeness (QED) is 0.742. The highest BCUT2D eigenvalue weighted by atomic mass is 32.1. The van der Waals surface area contributed by atoms with E-state index in [-0.39, 0.29) is 6.04 Å². The number of fused-ring (bicyclic) bond motifs is 1. The standard InChI is InChI=1S/C18H19NOS/c1-3-20-15-9-6-8-14(11-15)18(19-2)17-12-13-7-4-5-10-16(13)21-17/h4-12,18-19H,3H2,1-2H3. The van der Waals surface area contributed by atoms with E-state index >= 15 is 0 Å². The van der Waals surface area contributed by atoms with Crippen molar-refractivity contribution in [3.05, 3.63) is 65.0 Å². The molecule has 0 bridgehead atoms. The molecule has 0 aliphatic carbocycles. The Morgan fingerprint density at radius 3 is 2.71 bits per heavy atom. The summed E-state index contributed by atoms with van der Waals surface area (Å²) in [6, 6.07) is 19.3. The van der Waals surface area contributed by atoms with Crippen molar-refractivity contribution in [2.24, 2.45) is 0 Å². The van der Waals surface area contributed by atoms with Gasteiger partial charge in [0, 0.05) is 9.58 Å². The van der Waals surface area contributed by atoms with Crippen LogP contribution in [-0.2, 0) is 0 Å². The third kappa shape index (κ3) is 2.94. The van der Waals surface area contributed by atoms with Crippen molar-refractivity contribution in [2.45, 2.75) is 13.0 Å². The monoisotopic (exact) mass is 297 g/mol. The molecule has 2 nitrogen and oxygen atoms in total. The van der Waals surface area contributed by atoms with Gasteiger partial charge < -0.3 is 10.1 Å². The average Bonchev–Trinajstić information content (AvgIpc) is 2.92. The van der Waals surface area contributed by atoms with Crippen LogP contribution in [0.3, 0.4) is 0 Å². The lowest BCUT2D eigenvalue weighted by Gasteiger charge is -2.16. The maximum atomic E-state index is 5.61. The lowest BCUT2D eigenvalue weighted by Crippen LogP contribution is -2.16. The van der Waals surface area contributed by atoms with Gasteiger partial charge >= 0.3 is 0 Å². The van der Waals surface area contributed by atoms with E-state index in [1.54, 1.807) is 0 Å². The van der Waals surface area contributed by atoms with E-state index in [1.807, 2.05) is 31.4 Å². The zero-order chi connectivity index (χ0) is 14.7. The van der Waals surface area contributed by atoms with E-state index in [0.29, 0.717) is 6.61 Å². The molecule has 3 heteroatoms. The van der Waals surface area contributed by atoms with Crippen molar-refractivity contribution in [1.29, 1.82) is 0 Å². The summed E-state index contributed by atoms with van der Waals surface area (Å²) in [7, 11) is 2.00. The largest absolute Gasteiger partial charge is 0.494 e. The van der Waals surface area contributed by atoms with Crippen LogP contribution in [0, 0.1) is 0 Å². The van der Waals surface area contributed by atoms with Crippen molar-refractivity contribution in [3.63, 3.8) is 0 Å². The van der Waals surface area contributed by atoms with Gasteiger partial charge in [-0.2, -0.15) is 0 Å². The highest BCUT2D eigenvalue weighted by Crippen LogP contribution is 2.33. The third-order valence-electron chi connectivity index (χ3n) is 3.52. The lowest BCUT2D eigenvalue weighted by atomic mass is 10.0. The lowest BCUT2D eigenvalue weighted by molar-refractivity contribution is 0.339. The Balaban J connectivity index is 1.99. The van der Waals surface area contributed by atoms with Crippen LogP contribution >= 0.6 is 11.3 Å². The van der Waals surface area contributed by atoms with Gasteiger partial charge in [-0.1, -0.05) is 30.3 Å². The van der Waals surface area contributed by atoms with Crippen LogP contribution in [0.4, 0.5) is 0 Å². The van der Waals surface area contributed by atoms with Gasteiger partial charge in [0.05, 0.1) is 12.6 Å². The molecule has 21 heavy (non-hydrogen) atoms. The van der Waals surface area contributed by atoms with Gasteiger partial charge in [0.25, 0.3) is 0 Å². The summed E-state index contributed by atoms with van der Waals surface area (Å²) in [5.74, 6) is 0.927. The molecule has 1 aromatic heterocycles. The third-order valence-corrected chi connectivity index (χ3v) is 4.70. The van der Waals surface area contributed by atoms with Gasteiger partial charge in [-0.05, 0) is 49.2 Å². The van der Waals surface area contributed by atoms with Crippen molar-refractivity contribution in [3.8, 4) is 5.75 Å². The first-order valence-electron chi connectivity index (χ1n) is 7.20. The summed E-state index contributed by atoms with van der Waals surface area (Å²) in [4.78, 5) is 1.33. The van der Waals surface area contributed by atoms with Gasteiger partial charge in [0.15, 0.2) is 0 Å². The van der Waals surface area contributed by atoms with Crippen molar-refractivity contribution in [1.82, 2.24) is 5.32 Å². The van der Waals surface area contributed by atoms with Crippen LogP contribution in [0.25, 0.3) is 10.1 Å². The Kier molecular flexibility index (Phi) is 4.23. The van der Waals surface area contributed by atoms with E-state index in [0.717, 1.165) is 5.75 Å². The molecule has 0 spiro atoms. The molecule has 0 aliphatic rings. The Labute approximate surface area is 129 Å². The Morgan fingerprint density at radius 2 is 1.95 bits per heavy atom. The van der Waals surface area contributed by atoms with Crippen molar-refractivity contribution >= 4 is 21.4 Å². The Hall–Kier alpha value is -1.84. The minimum atomic E-state index is 0.197. The molecule has 2 aromatic carbocycles. The normalized spacial score (nSPS) is 12.5. The molecule has 0 radical (unpaired) electrons. The van der Waals surface area contributed by atoms with Crippen LogP contribution in [0.2, 0.25) is 0 Å². The van der Waals surface area contributed by atoms with E-state index in [9.17, 15) is 0 Å². The van der Waals surface area contributed by atoms with Gasteiger partial charge in [-0.3, -0.25) is 0 Å². The number of ether oxygens (including phenoxy) is 1. The molecule has 1 atom stereocenters. The predicted molar refractivity (Wildman–Crippen MR) is 90.3 cm³/mol. The van der Waals surface area contributed by atoms with Crippen LogP contribution < -0.4 is 10.1 Å². The van der Waals surface area contributed by atoms with Crippen LogP contribution in [0.15, 0.2) is 54.6 Å². The molecule has 0 aliphatic heterocycles. The van der Waals surface area contributed by atoms with E-state index in [2.05, 4.69) is 53.8 Å². The smallest absolute Gasteiger partial charge is 0.119 e. The molecule has 3 aromatic rings. The molecular weight excluding hydrogens is 278 g/mol. The predicted octanol–water partition coefficient (Wildman–Crippen LogP) is 4.61. The summed E-state index contributed by atoms with van der Waals surface area (Å²) in [5, 5.41) is 4.72. The van der Waals surface area contributed by atoms with E-state index < -0.39 is 0 Å². The second-order valence-electron chi connectivity index (χ2n) is 4.91. The molecular formula is C18H19NOS. The number of rotatable bonds is 5. The summed E-state index contributed by atoms with van der Waals surface area (Å²) in [6.45, 7) is 2.70. The van der Waals surface area contributed by atoms with Gasteiger partial charge in [0.2, 0.25) is 0 Å². The topological polar surface area (TPSA) is 21.3 Å². The average molecular weight is 297 g/mol. The number of hydrogen-bond donors (Lipinski definition) is 1. The molecule has 0 saturated heterocycles. The summed E-state index contributed by atoms with van der Waals surface area (Å²) in [6.07, 6.45) is 0. The highest BCUT2D eigenvalue weighted by Gasteiger charge is 2.15. The van der Waals surface area contributed by atoms with E-state index in [4.69, 9.17) is 4.74 Å². The second-order valence-corrected chi connectivity index (χ2v) is 6.03. The molecule has 1 unspecified atom stereocenters. The molecule has 0 amide bonds. The first-order valence-corrected chi connectivity index (χ1v) is 8.02. The maximum Gasteiger partial charge on any atom is 0.119 e. The molecule has 1 heterocycles. The second kappa shape index (κ2) is 6.29. The number of benzene rings is 2. The SMILES string of the molecule is CCOc1cccc(C(NC)c2cc3ccccc3s2)c1. The first-order chi connectivity index (χ1) is 10.3. The van der Waals surface area contributed by atoms with Gasteiger partial charge in [-0.15, -0.1) is 11.3 Å². The molecule has 3 rings (SSSR count). The van der Waals surface area contributed by atoms with Crippen molar-refractivity contribution < 1.29 is 4.74 Å². The number of hydrogen-bond acceptors (Lipinski definition) is 3. The first kappa shape index (κ1) is 14.1. The molecule has 1 N–H and O–H groups in total. The van der Waals surface area contributed by atoms with Crippen LogP contribution in [0.5, 0.6) is 5.75 Å². The zero-order valence-electron chi connectivity index (χ0n) is 12.3. The zero-order valence-corrected chi connectivity index (χ0v) is 13.1. The van der Waals surface area contributed by atoms with Crippen LogP contribution in [0.1, 0.15) is 23.4 Å². The fourth-order valence-electron chi connectivity index (χ4n) is 2.57. The number of nitrogens with one attached hydrogen (secondary N) is 1. The van der Waals surface area contributed by atoms with Crippen LogP contribution in [-0.4, -0.2) is 13.7 Å². The van der Waals surface area contributed by atoms with Gasteiger partial charge in [-0.25, -0.2) is 0 Å². The summed E-state index contributed by atoms with van der Waals surface area (Å²) < 4.78 is 6.94. The fourth-order valence-corrected chi connectivity index (χ4v) is 3.77. The van der Waals surface area contributed by atoms with Gasteiger partial charge in [0.1, 0.15) is 5.75 Å². The molecule has 0 fully saturated rings. The van der Waals surface area contributed by atoms with E-state index in [1.165, 1.54) is 20.5 Å². The Morgan fingerprint density at radius 1 is 1.10 bits per heavy atom. The minimum Gasteiger partial charge on any atom is -0.494 e. The summed E-state index contributed by atoms with van der Waals surface area (Å²) in [5.41, 5.74) is 1.23.